The van der Waals surface area contributed by atoms with Gasteiger partial charge in [-0.15, -0.1) is 0 Å². The monoisotopic (exact) mass is 432 g/mol. The van der Waals surface area contributed by atoms with E-state index in [0.29, 0.717) is 0 Å². The van der Waals surface area contributed by atoms with E-state index in [1.54, 1.807) is 13.0 Å². The number of nitrogens with zero attached hydrogens (tertiary/aromatic N) is 1. The van der Waals surface area contributed by atoms with Gasteiger partial charge in [-0.3, -0.25) is 9.10 Å². The second-order valence-electron chi connectivity index (χ2n) is 7.90. The molecule has 0 aliphatic heterocycles. The summed E-state index contributed by atoms with van der Waals surface area (Å²) in [4.78, 5) is 13.1. The van der Waals surface area contributed by atoms with Crippen LogP contribution in [0.25, 0.3) is 0 Å². The minimum absolute atomic E-state index is 0.122. The number of hydrogen-bond donors (Lipinski definition) is 1. The van der Waals surface area contributed by atoms with Gasteiger partial charge >= 0.3 is 0 Å². The lowest BCUT2D eigenvalue weighted by atomic mass is 9.89. The van der Waals surface area contributed by atoms with E-state index in [9.17, 15) is 17.6 Å². The maximum Gasteiger partial charge on any atom is 0.244 e. The van der Waals surface area contributed by atoms with Crippen molar-refractivity contribution in [3.8, 4) is 0 Å². The Balaban J connectivity index is 1.85. The van der Waals surface area contributed by atoms with E-state index in [2.05, 4.69) is 17.4 Å². The molecule has 0 heterocycles. The number of fused-ring (bicyclic) bond motifs is 1. The fourth-order valence-electron chi connectivity index (χ4n) is 4.08. The number of rotatable bonds is 7. The number of para-hydroxylation sites is 1. The fourth-order valence-corrected chi connectivity index (χ4v) is 5.29. The average Bonchev–Trinajstić information content (AvgIpc) is 2.71. The number of carbonyl (C=O) groups excluding carboxylic acids is 1. The molecule has 5 nitrogen and oxygen atoms in total. The summed E-state index contributed by atoms with van der Waals surface area (Å²) in [5, 5.41) is 2.93. The molecule has 2 aromatic rings. The Hall–Kier alpha value is -2.41. The van der Waals surface area contributed by atoms with Crippen molar-refractivity contribution in [1.29, 1.82) is 0 Å². The molecule has 162 valence electrons. The molecule has 0 spiro atoms. The molecule has 0 radical (unpaired) electrons. The van der Waals surface area contributed by atoms with Crippen LogP contribution in [0.1, 0.15) is 55.8 Å². The number of halogens is 1. The number of benzene rings is 2. The zero-order valence-corrected chi connectivity index (χ0v) is 18.5. The van der Waals surface area contributed by atoms with Crippen LogP contribution in [-0.2, 0) is 27.7 Å². The molecular weight excluding hydrogens is 403 g/mol. The first-order valence-corrected chi connectivity index (χ1v) is 12.2. The Labute approximate surface area is 178 Å². The lowest BCUT2D eigenvalue weighted by Crippen LogP contribution is -2.50. The number of sulfonamides is 1. The van der Waals surface area contributed by atoms with Crippen molar-refractivity contribution in [3.63, 3.8) is 0 Å². The highest BCUT2D eigenvalue weighted by molar-refractivity contribution is 7.92. The maximum absolute atomic E-state index is 14.4. The SMILES string of the molecule is CC[C@H](C(=O)N[C@H](C)c1ccc2c(c1)CCCC2)N(c1ccccc1F)S(C)(=O)=O. The summed E-state index contributed by atoms with van der Waals surface area (Å²) < 4.78 is 40.2. The van der Waals surface area contributed by atoms with E-state index in [1.807, 2.05) is 13.0 Å². The van der Waals surface area contributed by atoms with Gasteiger partial charge in [0.05, 0.1) is 18.0 Å². The van der Waals surface area contributed by atoms with Crippen molar-refractivity contribution in [2.45, 2.75) is 58.0 Å². The van der Waals surface area contributed by atoms with Crippen LogP contribution in [0, 0.1) is 5.82 Å². The van der Waals surface area contributed by atoms with Gasteiger partial charge in [-0.1, -0.05) is 37.3 Å². The molecule has 30 heavy (non-hydrogen) atoms. The molecule has 1 aliphatic rings. The predicted molar refractivity (Wildman–Crippen MR) is 117 cm³/mol. The first-order valence-electron chi connectivity index (χ1n) is 10.4. The molecule has 0 unspecified atom stereocenters. The zero-order chi connectivity index (χ0) is 21.9. The molecular formula is C23H29FN2O3S. The molecule has 1 amide bonds. The zero-order valence-electron chi connectivity index (χ0n) is 17.7. The second kappa shape index (κ2) is 9.16. The van der Waals surface area contributed by atoms with E-state index in [0.717, 1.165) is 29.0 Å². The van der Waals surface area contributed by atoms with E-state index in [1.165, 1.54) is 42.2 Å². The van der Waals surface area contributed by atoms with Crippen molar-refractivity contribution in [3.05, 3.63) is 65.0 Å². The molecule has 1 aliphatic carbocycles. The molecule has 2 aromatic carbocycles. The quantitative estimate of drug-likeness (QED) is 0.716. The standard InChI is InChI=1S/C23H29FN2O3S/c1-4-21(26(30(3,28)29)22-12-8-7-11-20(22)24)23(27)25-16(2)18-14-13-17-9-5-6-10-19(17)15-18/h7-8,11-16,21H,4-6,9-10H2,1-3H3,(H,25,27)/t16-,21-/m1/s1. The summed E-state index contributed by atoms with van der Waals surface area (Å²) in [6.45, 7) is 3.59. The highest BCUT2D eigenvalue weighted by atomic mass is 32.2. The smallest absolute Gasteiger partial charge is 0.244 e. The van der Waals surface area contributed by atoms with Crippen LogP contribution < -0.4 is 9.62 Å². The fraction of sp³-hybridized carbons (Fsp3) is 0.435. The second-order valence-corrected chi connectivity index (χ2v) is 9.76. The molecule has 1 N–H and O–H groups in total. The summed E-state index contributed by atoms with van der Waals surface area (Å²) in [7, 11) is -3.88. The molecule has 0 aromatic heterocycles. The Kier molecular flexibility index (Phi) is 6.81. The normalized spacial score (nSPS) is 15.7. The van der Waals surface area contributed by atoms with Gasteiger partial charge in [0.2, 0.25) is 15.9 Å². The van der Waals surface area contributed by atoms with E-state index in [-0.39, 0.29) is 18.2 Å². The Morgan fingerprint density at radius 3 is 2.43 bits per heavy atom. The number of carbonyl (C=O) groups is 1. The highest BCUT2D eigenvalue weighted by Crippen LogP contribution is 2.27. The topological polar surface area (TPSA) is 66.5 Å². The van der Waals surface area contributed by atoms with Gasteiger partial charge < -0.3 is 5.32 Å². The van der Waals surface area contributed by atoms with Gasteiger partial charge in [0, 0.05) is 0 Å². The molecule has 0 fully saturated rings. The summed E-state index contributed by atoms with van der Waals surface area (Å²) in [5.41, 5.74) is 3.54. The van der Waals surface area contributed by atoms with Crippen LogP contribution in [-0.4, -0.2) is 26.6 Å². The average molecular weight is 433 g/mol. The van der Waals surface area contributed by atoms with Gasteiger partial charge in [-0.25, -0.2) is 12.8 Å². The first kappa shape index (κ1) is 22.3. The number of anilines is 1. The van der Waals surface area contributed by atoms with Gasteiger partial charge in [0.1, 0.15) is 11.9 Å². The molecule has 3 rings (SSSR count). The van der Waals surface area contributed by atoms with E-state index >= 15 is 0 Å². The van der Waals surface area contributed by atoms with Crippen LogP contribution in [0.3, 0.4) is 0 Å². The van der Waals surface area contributed by atoms with Crippen LogP contribution in [0.4, 0.5) is 10.1 Å². The van der Waals surface area contributed by atoms with Gasteiger partial charge in [0.25, 0.3) is 0 Å². The lowest BCUT2D eigenvalue weighted by Gasteiger charge is -2.31. The van der Waals surface area contributed by atoms with Crippen molar-refractivity contribution < 1.29 is 17.6 Å². The van der Waals surface area contributed by atoms with Crippen LogP contribution in [0.2, 0.25) is 0 Å². The highest BCUT2D eigenvalue weighted by Gasteiger charge is 2.33. The number of amides is 1. The van der Waals surface area contributed by atoms with Gasteiger partial charge in [0.15, 0.2) is 0 Å². The van der Waals surface area contributed by atoms with Crippen LogP contribution >= 0.6 is 0 Å². The molecule has 0 saturated carbocycles. The molecule has 0 saturated heterocycles. The summed E-state index contributed by atoms with van der Waals surface area (Å²) in [5.74, 6) is -1.13. The number of aryl methyl sites for hydroxylation is 2. The predicted octanol–water partition coefficient (Wildman–Crippen LogP) is 4.13. The van der Waals surface area contributed by atoms with Crippen LogP contribution in [0.5, 0.6) is 0 Å². The third-order valence-electron chi connectivity index (χ3n) is 5.65. The van der Waals surface area contributed by atoms with Crippen molar-refractivity contribution in [2.24, 2.45) is 0 Å². The molecule has 7 heteroatoms. The lowest BCUT2D eigenvalue weighted by molar-refractivity contribution is -0.122. The van der Waals surface area contributed by atoms with E-state index < -0.39 is 27.8 Å². The minimum Gasteiger partial charge on any atom is -0.348 e. The maximum atomic E-state index is 14.4. The minimum atomic E-state index is -3.88. The first-order chi connectivity index (χ1) is 14.2. The summed E-state index contributed by atoms with van der Waals surface area (Å²) in [6, 6.07) is 10.5. The van der Waals surface area contributed by atoms with Crippen molar-refractivity contribution in [1.82, 2.24) is 5.32 Å². The number of hydrogen-bond acceptors (Lipinski definition) is 3. The van der Waals surface area contributed by atoms with E-state index in [4.69, 9.17) is 0 Å². The Morgan fingerprint density at radius 1 is 1.13 bits per heavy atom. The third-order valence-corrected chi connectivity index (χ3v) is 6.82. The van der Waals surface area contributed by atoms with Crippen molar-refractivity contribution >= 4 is 21.6 Å². The largest absolute Gasteiger partial charge is 0.348 e. The van der Waals surface area contributed by atoms with Crippen LogP contribution in [0.15, 0.2) is 42.5 Å². The third kappa shape index (κ3) is 4.83. The van der Waals surface area contributed by atoms with Gasteiger partial charge in [-0.05, 0) is 67.9 Å². The molecule has 0 bridgehead atoms. The summed E-state index contributed by atoms with van der Waals surface area (Å²) in [6.07, 6.45) is 5.69. The van der Waals surface area contributed by atoms with Gasteiger partial charge in [-0.2, -0.15) is 0 Å². The summed E-state index contributed by atoms with van der Waals surface area (Å²) >= 11 is 0. The molecule has 2 atom stereocenters. The Bertz CT molecular complexity index is 1020. The Morgan fingerprint density at radius 2 is 1.80 bits per heavy atom. The van der Waals surface area contributed by atoms with Crippen molar-refractivity contribution in [2.75, 3.05) is 10.6 Å². The number of nitrogens with one attached hydrogen (secondary N) is 1.